The van der Waals surface area contributed by atoms with Gasteiger partial charge in [-0.3, -0.25) is 9.10 Å². The molecule has 0 aliphatic heterocycles. The lowest BCUT2D eigenvalue weighted by Gasteiger charge is -2.24. The molecule has 0 saturated carbocycles. The fourth-order valence-corrected chi connectivity index (χ4v) is 6.12. The van der Waals surface area contributed by atoms with Crippen LogP contribution in [0.4, 0.5) is 5.69 Å². The number of methoxy groups -OCH3 is 2. The Morgan fingerprint density at radius 1 is 0.929 bits per heavy atom. The van der Waals surface area contributed by atoms with Gasteiger partial charge in [0.15, 0.2) is 11.5 Å². The van der Waals surface area contributed by atoms with Gasteiger partial charge in [0.05, 0.1) is 41.1 Å². The Kier molecular flexibility index (Phi) is 9.50. The molecule has 220 valence electrons. The minimum absolute atomic E-state index is 0.0360. The fourth-order valence-electron chi connectivity index (χ4n) is 4.41. The van der Waals surface area contributed by atoms with Crippen molar-refractivity contribution in [2.75, 3.05) is 25.1 Å². The van der Waals surface area contributed by atoms with Gasteiger partial charge in [-0.2, -0.15) is 5.10 Å². The molecule has 1 aromatic heterocycles. The Labute approximate surface area is 255 Å². The van der Waals surface area contributed by atoms with Crippen molar-refractivity contribution in [3.63, 3.8) is 0 Å². The van der Waals surface area contributed by atoms with Gasteiger partial charge in [-0.05, 0) is 69.3 Å². The van der Waals surface area contributed by atoms with Crippen LogP contribution in [-0.2, 0) is 14.8 Å². The monoisotopic (exact) mass is 628 g/mol. The second kappa shape index (κ2) is 12.9. The first-order chi connectivity index (χ1) is 20.0. The molecule has 3 aromatic carbocycles. The van der Waals surface area contributed by atoms with Crippen LogP contribution in [0.3, 0.4) is 0 Å². The lowest BCUT2D eigenvalue weighted by atomic mass is 10.2. The van der Waals surface area contributed by atoms with E-state index in [9.17, 15) is 13.2 Å². The highest BCUT2D eigenvalue weighted by molar-refractivity contribution is 7.92. The zero-order valence-corrected chi connectivity index (χ0v) is 26.0. The smallest absolute Gasteiger partial charge is 0.264 e. The summed E-state index contributed by atoms with van der Waals surface area (Å²) in [5.74, 6) is 0.0892. The third kappa shape index (κ3) is 6.56. The molecule has 0 atom stereocenters. The van der Waals surface area contributed by atoms with Crippen molar-refractivity contribution in [1.82, 2.24) is 9.99 Å². The van der Waals surface area contributed by atoms with Crippen LogP contribution in [0.2, 0.25) is 10.0 Å². The van der Waals surface area contributed by atoms with Crippen LogP contribution in [0.15, 0.2) is 76.7 Å². The number of anilines is 1. The van der Waals surface area contributed by atoms with Crippen LogP contribution >= 0.6 is 23.2 Å². The van der Waals surface area contributed by atoms with Crippen LogP contribution in [0, 0.1) is 20.8 Å². The highest BCUT2D eigenvalue weighted by atomic mass is 35.5. The number of ether oxygens (including phenoxy) is 2. The molecule has 1 amide bonds. The topological polar surface area (TPSA) is 102 Å². The number of halogens is 2. The van der Waals surface area contributed by atoms with Gasteiger partial charge < -0.3 is 14.0 Å². The first kappa shape index (κ1) is 31.0. The van der Waals surface area contributed by atoms with Crippen molar-refractivity contribution < 1.29 is 22.7 Å². The van der Waals surface area contributed by atoms with E-state index in [2.05, 4.69) is 10.5 Å². The first-order valence-electron chi connectivity index (χ1n) is 12.7. The summed E-state index contributed by atoms with van der Waals surface area (Å²) >= 11 is 12.3. The molecule has 12 heteroatoms. The number of nitrogens with one attached hydrogen (secondary N) is 1. The molecule has 0 saturated heterocycles. The summed E-state index contributed by atoms with van der Waals surface area (Å²) in [6, 6.07) is 18.3. The highest BCUT2D eigenvalue weighted by Crippen LogP contribution is 2.34. The quantitative estimate of drug-likeness (QED) is 0.170. The molecule has 0 bridgehead atoms. The van der Waals surface area contributed by atoms with E-state index < -0.39 is 22.5 Å². The first-order valence-corrected chi connectivity index (χ1v) is 14.9. The molecule has 0 radical (unpaired) electrons. The number of sulfonamides is 1. The number of nitrogens with zero attached hydrogens (tertiary/aromatic N) is 3. The Balaban J connectivity index is 1.60. The number of carbonyl (C=O) groups excluding carboxylic acids is 1. The normalized spacial score (nSPS) is 11.5. The van der Waals surface area contributed by atoms with Gasteiger partial charge in [-0.1, -0.05) is 40.9 Å². The average Bonchev–Trinajstić information content (AvgIpc) is 3.25. The lowest BCUT2D eigenvalue weighted by molar-refractivity contribution is -0.119. The van der Waals surface area contributed by atoms with Gasteiger partial charge in [0, 0.05) is 28.7 Å². The molecule has 9 nitrogen and oxygen atoms in total. The molecular weight excluding hydrogens is 599 g/mol. The van der Waals surface area contributed by atoms with Crippen LogP contribution in [0.5, 0.6) is 11.5 Å². The van der Waals surface area contributed by atoms with E-state index in [1.165, 1.54) is 38.6 Å². The molecule has 1 N–H and O–H groups in total. The molecule has 0 fully saturated rings. The highest BCUT2D eigenvalue weighted by Gasteiger charge is 2.28. The average molecular weight is 630 g/mol. The largest absolute Gasteiger partial charge is 0.493 e. The maximum Gasteiger partial charge on any atom is 0.264 e. The Morgan fingerprint density at radius 3 is 2.26 bits per heavy atom. The van der Waals surface area contributed by atoms with Crippen LogP contribution in [0.25, 0.3) is 5.69 Å². The van der Waals surface area contributed by atoms with E-state index in [1.807, 2.05) is 37.5 Å². The van der Waals surface area contributed by atoms with E-state index in [-0.39, 0.29) is 10.6 Å². The number of benzene rings is 3. The van der Waals surface area contributed by atoms with E-state index in [0.717, 1.165) is 32.5 Å². The maximum absolute atomic E-state index is 13.7. The molecule has 0 aliphatic carbocycles. The summed E-state index contributed by atoms with van der Waals surface area (Å²) in [5.41, 5.74) is 6.93. The minimum atomic E-state index is -4.13. The van der Waals surface area contributed by atoms with Crippen LogP contribution in [0.1, 0.15) is 22.5 Å². The number of rotatable bonds is 10. The predicted molar refractivity (Wildman–Crippen MR) is 166 cm³/mol. The van der Waals surface area contributed by atoms with Gasteiger partial charge in [-0.25, -0.2) is 13.8 Å². The zero-order valence-electron chi connectivity index (χ0n) is 23.7. The number of hydrogen-bond donors (Lipinski definition) is 1. The standard InChI is InChI=1S/C30H30Cl2N4O5S/c1-19-6-10-25(11-7-19)42(38,39)35(23-9-13-28(40-4)29(16-23)41-5)18-30(37)34-33-17-22-14-20(2)36(21(22)3)24-8-12-26(31)27(32)15-24/h6-17H,18H2,1-5H3,(H,34,37)/b33-17-. The number of hydrogen-bond acceptors (Lipinski definition) is 6. The summed E-state index contributed by atoms with van der Waals surface area (Å²) in [5, 5.41) is 5.00. The van der Waals surface area contributed by atoms with E-state index in [4.69, 9.17) is 32.7 Å². The van der Waals surface area contributed by atoms with E-state index >= 15 is 0 Å². The second-order valence-electron chi connectivity index (χ2n) is 9.42. The number of aromatic nitrogens is 1. The number of aryl methyl sites for hydroxylation is 2. The Morgan fingerprint density at radius 2 is 1.62 bits per heavy atom. The molecule has 0 unspecified atom stereocenters. The predicted octanol–water partition coefficient (Wildman–Crippen LogP) is 6.07. The molecule has 42 heavy (non-hydrogen) atoms. The second-order valence-corrected chi connectivity index (χ2v) is 12.1. The van der Waals surface area contributed by atoms with Gasteiger partial charge >= 0.3 is 0 Å². The molecule has 0 spiro atoms. The SMILES string of the molecule is COc1ccc(N(CC(=O)N/N=C\c2cc(C)n(-c3ccc(Cl)c(Cl)c3)c2C)S(=O)(=O)c2ccc(C)cc2)cc1OC. The lowest BCUT2D eigenvalue weighted by Crippen LogP contribution is -2.39. The fraction of sp³-hybridized carbons (Fsp3) is 0.200. The van der Waals surface area contributed by atoms with Crippen molar-refractivity contribution in [2.45, 2.75) is 25.7 Å². The molecular formula is C30H30Cl2N4O5S. The van der Waals surface area contributed by atoms with Gasteiger partial charge in [-0.15, -0.1) is 0 Å². The summed E-state index contributed by atoms with van der Waals surface area (Å²) in [7, 11) is -1.21. The molecule has 4 rings (SSSR count). The van der Waals surface area contributed by atoms with Crippen molar-refractivity contribution in [2.24, 2.45) is 5.10 Å². The third-order valence-corrected chi connectivity index (χ3v) is 9.10. The van der Waals surface area contributed by atoms with Gasteiger partial charge in [0.1, 0.15) is 6.54 Å². The Bertz CT molecular complexity index is 1750. The van der Waals surface area contributed by atoms with Gasteiger partial charge in [0.2, 0.25) is 0 Å². The number of hydrazone groups is 1. The number of amides is 1. The maximum atomic E-state index is 13.7. The van der Waals surface area contributed by atoms with E-state index in [1.54, 1.807) is 36.4 Å². The Hall–Kier alpha value is -3.99. The summed E-state index contributed by atoms with van der Waals surface area (Å²) in [4.78, 5) is 13.1. The third-order valence-electron chi connectivity index (χ3n) is 6.58. The van der Waals surface area contributed by atoms with Crippen LogP contribution < -0.4 is 19.2 Å². The summed E-state index contributed by atoms with van der Waals surface area (Å²) in [6.07, 6.45) is 1.50. The zero-order chi connectivity index (χ0) is 30.6. The molecule has 1 heterocycles. The van der Waals surface area contributed by atoms with E-state index in [0.29, 0.717) is 21.5 Å². The van der Waals surface area contributed by atoms with Crippen LogP contribution in [-0.4, -0.2) is 45.9 Å². The van der Waals surface area contributed by atoms with Gasteiger partial charge in [0.25, 0.3) is 15.9 Å². The molecule has 0 aliphatic rings. The summed E-state index contributed by atoms with van der Waals surface area (Å²) in [6.45, 7) is 5.16. The van der Waals surface area contributed by atoms with Crippen molar-refractivity contribution >= 4 is 51.0 Å². The summed E-state index contributed by atoms with van der Waals surface area (Å²) < 4.78 is 41.0. The minimum Gasteiger partial charge on any atom is -0.493 e. The van der Waals surface area contributed by atoms with Crippen molar-refractivity contribution in [1.29, 1.82) is 0 Å². The molecule has 4 aromatic rings. The number of carbonyl (C=O) groups is 1. The van der Waals surface area contributed by atoms with Crippen molar-refractivity contribution in [3.8, 4) is 17.2 Å². The van der Waals surface area contributed by atoms with Crippen molar-refractivity contribution in [3.05, 3.63) is 99.3 Å².